The van der Waals surface area contributed by atoms with E-state index in [4.69, 9.17) is 11.6 Å². The lowest BCUT2D eigenvalue weighted by Crippen LogP contribution is -1.88. The molecule has 0 bridgehead atoms. The van der Waals surface area contributed by atoms with Crippen LogP contribution in [0.1, 0.15) is 5.56 Å². The topological polar surface area (TPSA) is 19.9 Å². The first-order valence-electron chi connectivity index (χ1n) is 4.73. The normalized spacial score (nSPS) is 10.3. The molecular formula is C13H10ClO. The van der Waals surface area contributed by atoms with Gasteiger partial charge in [0.25, 0.3) is 0 Å². The molecule has 0 aliphatic rings. The Labute approximate surface area is 94.0 Å². The van der Waals surface area contributed by atoms with Gasteiger partial charge in [-0.2, -0.15) is 0 Å². The first-order chi connectivity index (χ1) is 7.31. The molecule has 0 aliphatic heterocycles. The second-order valence-corrected chi connectivity index (χ2v) is 3.75. The molecule has 2 heteroatoms. The van der Waals surface area contributed by atoms with Crippen LogP contribution in [0.4, 0.5) is 0 Å². The van der Waals surface area contributed by atoms with Crippen LogP contribution in [0.3, 0.4) is 0 Å². The van der Waals surface area contributed by atoms with Crippen molar-refractivity contribution in [3.05, 3.63) is 59.1 Å². The van der Waals surface area contributed by atoms with Crippen LogP contribution in [0.5, 0.6) is 0 Å². The largest absolute Gasteiger partial charge is 0.232 e. The zero-order valence-corrected chi connectivity index (χ0v) is 8.87. The van der Waals surface area contributed by atoms with Gasteiger partial charge in [-0.1, -0.05) is 48.0 Å². The Morgan fingerprint density at radius 3 is 2.40 bits per heavy atom. The summed E-state index contributed by atoms with van der Waals surface area (Å²) in [6.07, 6.45) is 0. The van der Waals surface area contributed by atoms with E-state index in [2.05, 4.69) is 0 Å². The summed E-state index contributed by atoms with van der Waals surface area (Å²) in [6.45, 7) is -0.245. The molecule has 0 aromatic heterocycles. The molecule has 0 heterocycles. The predicted octanol–water partition coefficient (Wildman–Crippen LogP) is 3.94. The molecule has 0 N–H and O–H groups in total. The number of rotatable bonds is 2. The SMILES string of the molecule is [O]Cc1cc(Cl)ccc1-c1ccccc1. The zero-order chi connectivity index (χ0) is 10.7. The van der Waals surface area contributed by atoms with E-state index in [1.807, 2.05) is 42.5 Å². The van der Waals surface area contributed by atoms with Crippen molar-refractivity contribution >= 4 is 11.6 Å². The number of hydrogen-bond donors (Lipinski definition) is 0. The molecule has 2 aromatic carbocycles. The van der Waals surface area contributed by atoms with Gasteiger partial charge in [-0.05, 0) is 28.8 Å². The second-order valence-electron chi connectivity index (χ2n) is 3.31. The molecule has 0 fully saturated rings. The molecule has 0 unspecified atom stereocenters. The smallest absolute Gasteiger partial charge is 0.108 e. The lowest BCUT2D eigenvalue weighted by Gasteiger charge is -2.07. The van der Waals surface area contributed by atoms with Crippen LogP contribution in [0, 0.1) is 0 Å². The second kappa shape index (κ2) is 4.47. The third-order valence-electron chi connectivity index (χ3n) is 2.31. The minimum absolute atomic E-state index is 0.245. The van der Waals surface area contributed by atoms with Gasteiger partial charge < -0.3 is 0 Å². The van der Waals surface area contributed by atoms with Gasteiger partial charge in [-0.15, -0.1) is 0 Å². The van der Waals surface area contributed by atoms with E-state index in [1.165, 1.54) is 0 Å². The lowest BCUT2D eigenvalue weighted by atomic mass is 10.0. The van der Waals surface area contributed by atoms with E-state index in [9.17, 15) is 5.11 Å². The fourth-order valence-corrected chi connectivity index (χ4v) is 1.78. The van der Waals surface area contributed by atoms with Crippen molar-refractivity contribution in [3.8, 4) is 11.1 Å². The summed E-state index contributed by atoms with van der Waals surface area (Å²) in [6, 6.07) is 15.3. The Bertz CT molecular complexity index is 451. The van der Waals surface area contributed by atoms with Crippen molar-refractivity contribution in [1.82, 2.24) is 0 Å². The molecule has 2 aromatic rings. The van der Waals surface area contributed by atoms with Crippen LogP contribution in [0.25, 0.3) is 11.1 Å². The maximum absolute atomic E-state index is 11.0. The molecule has 0 aliphatic carbocycles. The highest BCUT2D eigenvalue weighted by molar-refractivity contribution is 6.30. The van der Waals surface area contributed by atoms with Crippen LogP contribution in [-0.2, 0) is 11.7 Å². The maximum atomic E-state index is 11.0. The third-order valence-corrected chi connectivity index (χ3v) is 2.54. The first-order valence-corrected chi connectivity index (χ1v) is 5.11. The van der Waals surface area contributed by atoms with Crippen molar-refractivity contribution in [2.24, 2.45) is 0 Å². The van der Waals surface area contributed by atoms with Gasteiger partial charge in [-0.25, -0.2) is 5.11 Å². The fourth-order valence-electron chi connectivity index (χ4n) is 1.58. The monoisotopic (exact) mass is 217 g/mol. The zero-order valence-electron chi connectivity index (χ0n) is 8.11. The summed E-state index contributed by atoms with van der Waals surface area (Å²) in [4.78, 5) is 0. The molecule has 0 spiro atoms. The van der Waals surface area contributed by atoms with Crippen molar-refractivity contribution in [1.29, 1.82) is 0 Å². The number of hydrogen-bond acceptors (Lipinski definition) is 0. The van der Waals surface area contributed by atoms with Crippen molar-refractivity contribution in [2.45, 2.75) is 6.61 Å². The van der Waals surface area contributed by atoms with Crippen LogP contribution >= 0.6 is 11.6 Å². The highest BCUT2D eigenvalue weighted by atomic mass is 35.5. The van der Waals surface area contributed by atoms with Crippen molar-refractivity contribution < 1.29 is 5.11 Å². The highest BCUT2D eigenvalue weighted by Gasteiger charge is 2.04. The van der Waals surface area contributed by atoms with Crippen LogP contribution in [0.15, 0.2) is 48.5 Å². The molecule has 15 heavy (non-hydrogen) atoms. The average molecular weight is 218 g/mol. The minimum Gasteiger partial charge on any atom is -0.232 e. The van der Waals surface area contributed by atoms with Gasteiger partial charge in [0.05, 0.1) is 0 Å². The third kappa shape index (κ3) is 2.20. The molecule has 0 saturated heterocycles. The van der Waals surface area contributed by atoms with E-state index < -0.39 is 0 Å². The van der Waals surface area contributed by atoms with Crippen LogP contribution in [0.2, 0.25) is 5.02 Å². The summed E-state index contributed by atoms with van der Waals surface area (Å²) >= 11 is 5.84. The molecule has 1 nitrogen and oxygen atoms in total. The molecule has 0 atom stereocenters. The summed E-state index contributed by atoms with van der Waals surface area (Å²) in [7, 11) is 0. The quantitative estimate of drug-likeness (QED) is 0.726. The van der Waals surface area contributed by atoms with E-state index in [1.54, 1.807) is 6.07 Å². The van der Waals surface area contributed by atoms with E-state index in [0.29, 0.717) is 5.02 Å². The molecular weight excluding hydrogens is 208 g/mol. The van der Waals surface area contributed by atoms with Crippen LogP contribution < -0.4 is 0 Å². The summed E-state index contributed by atoms with van der Waals surface area (Å²) in [5, 5.41) is 11.6. The van der Waals surface area contributed by atoms with E-state index in [0.717, 1.165) is 16.7 Å². The summed E-state index contributed by atoms with van der Waals surface area (Å²) < 4.78 is 0. The van der Waals surface area contributed by atoms with Crippen molar-refractivity contribution in [3.63, 3.8) is 0 Å². The number of halogens is 1. The summed E-state index contributed by atoms with van der Waals surface area (Å²) in [5.74, 6) is 0. The van der Waals surface area contributed by atoms with Crippen molar-refractivity contribution in [2.75, 3.05) is 0 Å². The lowest BCUT2D eigenvalue weighted by molar-refractivity contribution is 0.178. The van der Waals surface area contributed by atoms with Gasteiger partial charge in [0.15, 0.2) is 0 Å². The predicted molar refractivity (Wildman–Crippen MR) is 61.3 cm³/mol. The van der Waals surface area contributed by atoms with Gasteiger partial charge in [0.2, 0.25) is 0 Å². The fraction of sp³-hybridized carbons (Fsp3) is 0.0769. The molecule has 0 amide bonds. The van der Waals surface area contributed by atoms with Gasteiger partial charge in [0.1, 0.15) is 6.61 Å². The Morgan fingerprint density at radius 2 is 1.73 bits per heavy atom. The highest BCUT2D eigenvalue weighted by Crippen LogP contribution is 2.26. The Balaban J connectivity index is 2.53. The van der Waals surface area contributed by atoms with E-state index in [-0.39, 0.29) is 6.61 Å². The molecule has 1 radical (unpaired) electrons. The van der Waals surface area contributed by atoms with Gasteiger partial charge in [-0.3, -0.25) is 0 Å². The van der Waals surface area contributed by atoms with Gasteiger partial charge in [0, 0.05) is 5.02 Å². The van der Waals surface area contributed by atoms with E-state index >= 15 is 0 Å². The maximum Gasteiger partial charge on any atom is 0.108 e. The minimum atomic E-state index is -0.245. The molecule has 2 rings (SSSR count). The number of benzene rings is 2. The molecule has 0 saturated carbocycles. The Morgan fingerprint density at radius 1 is 1.00 bits per heavy atom. The van der Waals surface area contributed by atoms with Crippen LogP contribution in [-0.4, -0.2) is 0 Å². The Hall–Kier alpha value is -1.31. The standard InChI is InChI=1S/C13H10ClO/c14-12-6-7-13(11(8-12)9-15)10-4-2-1-3-5-10/h1-8H,9H2. The first kappa shape index (κ1) is 10.2. The Kier molecular flexibility index (Phi) is 3.05. The summed E-state index contributed by atoms with van der Waals surface area (Å²) in [5.41, 5.74) is 2.77. The molecule has 75 valence electrons. The van der Waals surface area contributed by atoms with Gasteiger partial charge >= 0.3 is 0 Å². The average Bonchev–Trinajstić information content (AvgIpc) is 2.30.